The van der Waals surface area contributed by atoms with E-state index in [-0.39, 0.29) is 0 Å². The normalized spacial score (nSPS) is 19.4. The monoisotopic (exact) mass is 339 g/mol. The second kappa shape index (κ2) is 7.35. The van der Waals surface area contributed by atoms with E-state index in [4.69, 9.17) is 0 Å². The van der Waals surface area contributed by atoms with E-state index in [1.807, 2.05) is 35.4 Å². The standard InChI is InChI=1S/C19H25N5O/c25-19(24-9-3-4-10-24)14-23-11-7-15(8-12-23)21-18-13-20-16-5-1-2-6-17(16)22-18/h1-2,5-6,13,15H,3-4,7-12,14H2,(H,21,22). The number of aromatic nitrogens is 2. The van der Waals surface area contributed by atoms with Gasteiger partial charge in [0.05, 0.1) is 23.8 Å². The molecular formula is C19H25N5O. The fourth-order valence-electron chi connectivity index (χ4n) is 3.73. The summed E-state index contributed by atoms with van der Waals surface area (Å²) in [4.78, 5) is 25.7. The average molecular weight is 339 g/mol. The zero-order valence-electron chi connectivity index (χ0n) is 14.5. The summed E-state index contributed by atoms with van der Waals surface area (Å²) in [5, 5.41) is 3.51. The summed E-state index contributed by atoms with van der Waals surface area (Å²) in [6.45, 7) is 4.37. The maximum absolute atomic E-state index is 12.3. The minimum Gasteiger partial charge on any atom is -0.366 e. The first-order valence-electron chi connectivity index (χ1n) is 9.26. The van der Waals surface area contributed by atoms with Crippen molar-refractivity contribution in [3.05, 3.63) is 30.5 Å². The summed E-state index contributed by atoms with van der Waals surface area (Å²) in [6.07, 6.45) is 6.18. The number of nitrogens with zero attached hydrogens (tertiary/aromatic N) is 4. The Bertz CT molecular complexity index is 735. The minimum atomic E-state index is 0.296. The molecule has 0 unspecified atom stereocenters. The number of amides is 1. The third-order valence-corrected chi connectivity index (χ3v) is 5.21. The number of piperidine rings is 1. The van der Waals surface area contributed by atoms with Crippen molar-refractivity contribution in [1.82, 2.24) is 19.8 Å². The van der Waals surface area contributed by atoms with Crippen LogP contribution >= 0.6 is 0 Å². The number of carbonyl (C=O) groups excluding carboxylic acids is 1. The van der Waals surface area contributed by atoms with Gasteiger partial charge in [-0.15, -0.1) is 0 Å². The molecule has 1 amide bonds. The summed E-state index contributed by atoms with van der Waals surface area (Å²) >= 11 is 0. The molecule has 2 fully saturated rings. The molecule has 132 valence electrons. The van der Waals surface area contributed by atoms with E-state index >= 15 is 0 Å². The van der Waals surface area contributed by atoms with Crippen LogP contribution in [-0.4, -0.2) is 64.4 Å². The maximum atomic E-state index is 12.3. The SMILES string of the molecule is O=C(CN1CCC(Nc2cnc3ccccc3n2)CC1)N1CCCC1. The van der Waals surface area contributed by atoms with Gasteiger partial charge in [0.2, 0.25) is 5.91 Å². The Morgan fingerprint density at radius 2 is 1.80 bits per heavy atom. The summed E-state index contributed by atoms with van der Waals surface area (Å²) < 4.78 is 0. The molecule has 1 aromatic heterocycles. The highest BCUT2D eigenvalue weighted by atomic mass is 16.2. The van der Waals surface area contributed by atoms with Crippen molar-refractivity contribution in [1.29, 1.82) is 0 Å². The average Bonchev–Trinajstić information content (AvgIpc) is 3.18. The highest BCUT2D eigenvalue weighted by Gasteiger charge is 2.24. The molecule has 6 nitrogen and oxygen atoms in total. The lowest BCUT2D eigenvalue weighted by molar-refractivity contribution is -0.131. The molecule has 2 saturated heterocycles. The van der Waals surface area contributed by atoms with Gasteiger partial charge in [-0.3, -0.25) is 14.7 Å². The van der Waals surface area contributed by atoms with Crippen LogP contribution in [0.4, 0.5) is 5.82 Å². The summed E-state index contributed by atoms with van der Waals surface area (Å²) in [5.74, 6) is 1.13. The molecular weight excluding hydrogens is 314 g/mol. The maximum Gasteiger partial charge on any atom is 0.236 e. The number of nitrogens with one attached hydrogen (secondary N) is 1. The Morgan fingerprint density at radius 1 is 1.08 bits per heavy atom. The van der Waals surface area contributed by atoms with Gasteiger partial charge < -0.3 is 10.2 Å². The minimum absolute atomic E-state index is 0.296. The van der Waals surface area contributed by atoms with Crippen LogP contribution in [0, 0.1) is 0 Å². The van der Waals surface area contributed by atoms with E-state index in [1.165, 1.54) is 0 Å². The van der Waals surface area contributed by atoms with E-state index < -0.39 is 0 Å². The van der Waals surface area contributed by atoms with Gasteiger partial charge in [-0.1, -0.05) is 12.1 Å². The number of hydrogen-bond donors (Lipinski definition) is 1. The smallest absolute Gasteiger partial charge is 0.236 e. The largest absolute Gasteiger partial charge is 0.366 e. The molecule has 25 heavy (non-hydrogen) atoms. The van der Waals surface area contributed by atoms with Gasteiger partial charge in [0.25, 0.3) is 0 Å². The Morgan fingerprint density at radius 3 is 2.56 bits per heavy atom. The van der Waals surface area contributed by atoms with Gasteiger partial charge in [-0.05, 0) is 37.8 Å². The molecule has 1 N–H and O–H groups in total. The molecule has 0 saturated carbocycles. The number of carbonyl (C=O) groups is 1. The number of hydrogen-bond acceptors (Lipinski definition) is 5. The molecule has 0 aliphatic carbocycles. The van der Waals surface area contributed by atoms with Gasteiger partial charge in [0.1, 0.15) is 5.82 Å². The molecule has 2 aliphatic rings. The highest BCUT2D eigenvalue weighted by molar-refractivity contribution is 5.78. The zero-order valence-corrected chi connectivity index (χ0v) is 14.5. The van der Waals surface area contributed by atoms with Crippen LogP contribution in [0.15, 0.2) is 30.5 Å². The molecule has 6 heteroatoms. The quantitative estimate of drug-likeness (QED) is 0.925. The van der Waals surface area contributed by atoms with E-state index in [1.54, 1.807) is 0 Å². The molecule has 0 bridgehead atoms. The zero-order chi connectivity index (χ0) is 17.1. The first-order valence-corrected chi connectivity index (χ1v) is 9.26. The Kier molecular flexibility index (Phi) is 4.78. The van der Waals surface area contributed by atoms with Crippen molar-refractivity contribution < 1.29 is 4.79 Å². The van der Waals surface area contributed by atoms with Crippen LogP contribution < -0.4 is 5.32 Å². The number of fused-ring (bicyclic) bond motifs is 1. The fraction of sp³-hybridized carbons (Fsp3) is 0.526. The van der Waals surface area contributed by atoms with Crippen molar-refractivity contribution in [3.8, 4) is 0 Å². The lowest BCUT2D eigenvalue weighted by atomic mass is 10.1. The molecule has 0 atom stereocenters. The summed E-state index contributed by atoms with van der Waals surface area (Å²) in [6, 6.07) is 8.32. The predicted molar refractivity (Wildman–Crippen MR) is 98.4 cm³/mol. The van der Waals surface area contributed by atoms with Crippen LogP contribution in [0.25, 0.3) is 11.0 Å². The number of rotatable bonds is 4. The molecule has 4 rings (SSSR count). The second-order valence-corrected chi connectivity index (χ2v) is 7.03. The van der Waals surface area contributed by atoms with Crippen molar-refractivity contribution in [2.75, 3.05) is 38.0 Å². The lowest BCUT2D eigenvalue weighted by Gasteiger charge is -2.33. The molecule has 2 aliphatic heterocycles. The van der Waals surface area contributed by atoms with Crippen LogP contribution in [0.1, 0.15) is 25.7 Å². The third-order valence-electron chi connectivity index (χ3n) is 5.21. The van der Waals surface area contributed by atoms with Gasteiger partial charge in [0, 0.05) is 32.2 Å². The number of likely N-dealkylation sites (tertiary alicyclic amines) is 2. The lowest BCUT2D eigenvalue weighted by Crippen LogP contribution is -2.44. The molecule has 0 spiro atoms. The fourth-order valence-corrected chi connectivity index (χ4v) is 3.73. The third kappa shape index (κ3) is 3.90. The van der Waals surface area contributed by atoms with Crippen molar-refractivity contribution >= 4 is 22.8 Å². The number of anilines is 1. The Hall–Kier alpha value is -2.21. The van der Waals surface area contributed by atoms with E-state index in [0.29, 0.717) is 18.5 Å². The first-order chi connectivity index (χ1) is 12.3. The van der Waals surface area contributed by atoms with Gasteiger partial charge in [-0.25, -0.2) is 4.98 Å². The van der Waals surface area contributed by atoms with E-state index in [9.17, 15) is 4.79 Å². The van der Waals surface area contributed by atoms with Gasteiger partial charge >= 0.3 is 0 Å². The highest BCUT2D eigenvalue weighted by Crippen LogP contribution is 2.17. The van der Waals surface area contributed by atoms with Crippen LogP contribution in [0.5, 0.6) is 0 Å². The number of benzene rings is 1. The van der Waals surface area contributed by atoms with Crippen LogP contribution in [0.3, 0.4) is 0 Å². The molecule has 1 aromatic carbocycles. The van der Waals surface area contributed by atoms with Crippen molar-refractivity contribution in [3.63, 3.8) is 0 Å². The molecule has 0 radical (unpaired) electrons. The molecule has 2 aromatic rings. The van der Waals surface area contributed by atoms with E-state index in [2.05, 4.69) is 20.2 Å². The summed E-state index contributed by atoms with van der Waals surface area (Å²) in [5.41, 5.74) is 1.84. The Balaban J connectivity index is 1.28. The summed E-state index contributed by atoms with van der Waals surface area (Å²) in [7, 11) is 0. The topological polar surface area (TPSA) is 61.4 Å². The van der Waals surface area contributed by atoms with E-state index in [0.717, 1.165) is 68.7 Å². The van der Waals surface area contributed by atoms with Gasteiger partial charge in [-0.2, -0.15) is 0 Å². The number of para-hydroxylation sites is 2. The Labute approximate surface area is 148 Å². The second-order valence-electron chi connectivity index (χ2n) is 7.03. The van der Waals surface area contributed by atoms with Crippen molar-refractivity contribution in [2.45, 2.75) is 31.7 Å². The predicted octanol–water partition coefficient (Wildman–Crippen LogP) is 2.13. The van der Waals surface area contributed by atoms with Crippen LogP contribution in [0.2, 0.25) is 0 Å². The van der Waals surface area contributed by atoms with Crippen LogP contribution in [-0.2, 0) is 4.79 Å². The molecule has 3 heterocycles. The first kappa shape index (κ1) is 16.3. The van der Waals surface area contributed by atoms with Gasteiger partial charge in [0.15, 0.2) is 0 Å². The van der Waals surface area contributed by atoms with Crippen molar-refractivity contribution in [2.24, 2.45) is 0 Å².